The predicted octanol–water partition coefficient (Wildman–Crippen LogP) is 8.68. The summed E-state index contributed by atoms with van der Waals surface area (Å²) in [5.74, 6) is 1.63. The van der Waals surface area contributed by atoms with Crippen molar-refractivity contribution >= 4 is 90.0 Å². The highest BCUT2D eigenvalue weighted by atomic mass is 79.9. The Morgan fingerprint density at radius 2 is 1.50 bits per heavy atom. The second-order valence-electron chi connectivity index (χ2n) is 5.80. The zero-order chi connectivity index (χ0) is 21.0. The van der Waals surface area contributed by atoms with Crippen LogP contribution >= 0.6 is 78.6 Å². The number of rotatable bonds is 8. The van der Waals surface area contributed by atoms with Gasteiger partial charge in [-0.3, -0.25) is 10.1 Å². The lowest BCUT2D eigenvalue weighted by atomic mass is 10.0. The van der Waals surface area contributed by atoms with E-state index in [1.165, 1.54) is 0 Å². The van der Waals surface area contributed by atoms with E-state index < -0.39 is 4.92 Å². The van der Waals surface area contributed by atoms with Gasteiger partial charge in [0.05, 0.1) is 30.7 Å². The van der Waals surface area contributed by atoms with Crippen LogP contribution in [0.5, 0.6) is 0 Å². The van der Waals surface area contributed by atoms with Crippen molar-refractivity contribution in [2.24, 2.45) is 0 Å². The minimum absolute atomic E-state index is 0.101. The van der Waals surface area contributed by atoms with Crippen LogP contribution in [-0.2, 0) is 0 Å². The fourth-order valence-corrected chi connectivity index (χ4v) is 6.63. The second kappa shape index (κ2) is 10.8. The van der Waals surface area contributed by atoms with Gasteiger partial charge >= 0.3 is 0 Å². The van der Waals surface area contributed by atoms with E-state index in [0.717, 1.165) is 34.1 Å². The van der Waals surface area contributed by atoms with Crippen LogP contribution in [0.4, 0.5) is 11.4 Å². The summed E-state index contributed by atoms with van der Waals surface area (Å²) in [6.07, 6.45) is 1.86. The normalized spacial score (nSPS) is 11.1. The molecule has 2 rings (SSSR count). The van der Waals surface area contributed by atoms with Gasteiger partial charge in [0.2, 0.25) is 0 Å². The minimum atomic E-state index is -0.431. The molecular formula is C18H18Br2Cl2N2O2S2. The van der Waals surface area contributed by atoms with Crippen LogP contribution in [0.25, 0.3) is 11.1 Å². The second-order valence-corrected chi connectivity index (χ2v) is 10.5. The first-order valence-corrected chi connectivity index (χ1v) is 12.8. The van der Waals surface area contributed by atoms with Crippen LogP contribution in [0, 0.1) is 10.1 Å². The van der Waals surface area contributed by atoms with E-state index in [0.29, 0.717) is 30.1 Å². The standard InChI is InChI=1S/C18H18Br2Cl2N2O2S2/c1-3-5-27-17-11(21)8-12(22)18(28-6-4-2)14(17)13-15(23)9(19)7-10(20)16(13)24(25)26/h7-8H,3-6,23H2,1-2H3. The Kier molecular flexibility index (Phi) is 9.29. The monoisotopic (exact) mass is 586 g/mol. The van der Waals surface area contributed by atoms with Crippen molar-refractivity contribution in [2.75, 3.05) is 17.2 Å². The molecule has 4 nitrogen and oxygen atoms in total. The summed E-state index contributed by atoms with van der Waals surface area (Å²) >= 11 is 22.9. The molecule has 0 aliphatic heterocycles. The quantitative estimate of drug-likeness (QED) is 0.145. The molecule has 0 atom stereocenters. The highest BCUT2D eigenvalue weighted by Crippen LogP contribution is 2.53. The molecule has 152 valence electrons. The third kappa shape index (κ3) is 5.13. The third-order valence-corrected chi connectivity index (χ3v) is 8.45. The highest BCUT2D eigenvalue weighted by molar-refractivity contribution is 9.11. The molecule has 2 aromatic rings. The first-order chi connectivity index (χ1) is 13.2. The Morgan fingerprint density at radius 3 is 1.93 bits per heavy atom. The van der Waals surface area contributed by atoms with E-state index in [9.17, 15) is 10.1 Å². The van der Waals surface area contributed by atoms with Crippen LogP contribution in [-0.4, -0.2) is 16.4 Å². The Morgan fingerprint density at radius 1 is 1.00 bits per heavy atom. The molecule has 0 heterocycles. The summed E-state index contributed by atoms with van der Waals surface area (Å²) in [6, 6.07) is 3.29. The van der Waals surface area contributed by atoms with E-state index in [-0.39, 0.29) is 11.4 Å². The Hall–Kier alpha value is -0.120. The van der Waals surface area contributed by atoms with E-state index >= 15 is 0 Å². The largest absolute Gasteiger partial charge is 0.397 e. The van der Waals surface area contributed by atoms with E-state index in [1.807, 2.05) is 0 Å². The molecular weight excluding hydrogens is 571 g/mol. The van der Waals surface area contributed by atoms with Crippen molar-refractivity contribution in [3.05, 3.63) is 41.2 Å². The van der Waals surface area contributed by atoms with Crippen LogP contribution < -0.4 is 5.73 Å². The fraction of sp³-hybridized carbons (Fsp3) is 0.333. The molecule has 10 heteroatoms. The fourth-order valence-electron chi connectivity index (χ4n) is 2.56. The SMILES string of the molecule is CCCSc1c(Cl)cc(Cl)c(SCCC)c1-c1c(N)c(Br)cc(Br)c1[N+](=O)[O-]. The van der Waals surface area contributed by atoms with Gasteiger partial charge in [-0.15, -0.1) is 23.5 Å². The molecule has 0 saturated heterocycles. The lowest BCUT2D eigenvalue weighted by Gasteiger charge is -2.20. The minimum Gasteiger partial charge on any atom is -0.397 e. The van der Waals surface area contributed by atoms with Crippen LogP contribution in [0.2, 0.25) is 10.0 Å². The average Bonchev–Trinajstić information content (AvgIpc) is 2.62. The zero-order valence-corrected chi connectivity index (χ0v) is 21.5. The molecule has 0 bridgehead atoms. The molecule has 0 saturated carbocycles. The molecule has 28 heavy (non-hydrogen) atoms. The van der Waals surface area contributed by atoms with Crippen molar-refractivity contribution in [1.82, 2.24) is 0 Å². The van der Waals surface area contributed by atoms with Crippen molar-refractivity contribution in [2.45, 2.75) is 36.5 Å². The third-order valence-electron chi connectivity index (χ3n) is 3.72. The molecule has 0 aliphatic rings. The topological polar surface area (TPSA) is 69.2 Å². The smallest absolute Gasteiger partial charge is 0.293 e. The number of thioether (sulfide) groups is 2. The Bertz CT molecular complexity index is 882. The van der Waals surface area contributed by atoms with Gasteiger partial charge in [-0.25, -0.2) is 0 Å². The van der Waals surface area contributed by atoms with E-state index in [2.05, 4.69) is 45.7 Å². The van der Waals surface area contributed by atoms with E-state index in [1.54, 1.807) is 35.7 Å². The molecule has 0 radical (unpaired) electrons. The van der Waals surface area contributed by atoms with Crippen molar-refractivity contribution in [1.29, 1.82) is 0 Å². The number of halogens is 4. The number of nitrogens with zero attached hydrogens (tertiary/aromatic N) is 1. The van der Waals surface area contributed by atoms with Crippen molar-refractivity contribution in [3.63, 3.8) is 0 Å². The van der Waals surface area contributed by atoms with Crippen molar-refractivity contribution < 1.29 is 4.92 Å². The molecule has 0 aromatic heterocycles. The number of hydrogen-bond acceptors (Lipinski definition) is 5. The maximum atomic E-state index is 11.9. The number of nitrogen functional groups attached to an aromatic ring is 1. The van der Waals surface area contributed by atoms with Gasteiger partial charge in [-0.05, 0) is 68.3 Å². The lowest BCUT2D eigenvalue weighted by Crippen LogP contribution is -2.02. The Labute approximate surface area is 199 Å². The van der Waals surface area contributed by atoms with Gasteiger partial charge in [0.1, 0.15) is 0 Å². The number of anilines is 1. The van der Waals surface area contributed by atoms with Crippen LogP contribution in [0.3, 0.4) is 0 Å². The molecule has 0 unspecified atom stereocenters. The number of benzene rings is 2. The van der Waals surface area contributed by atoms with Crippen LogP contribution in [0.15, 0.2) is 30.9 Å². The average molecular weight is 589 g/mol. The molecule has 2 aromatic carbocycles. The molecule has 0 amide bonds. The van der Waals surface area contributed by atoms with Gasteiger partial charge in [-0.1, -0.05) is 37.0 Å². The summed E-state index contributed by atoms with van der Waals surface area (Å²) in [5, 5.41) is 12.8. The number of hydrogen-bond donors (Lipinski definition) is 1. The summed E-state index contributed by atoms with van der Waals surface area (Å²) < 4.78 is 0.900. The maximum Gasteiger partial charge on any atom is 0.293 e. The number of nitro benzene ring substituents is 1. The Balaban J connectivity index is 2.99. The zero-order valence-electron chi connectivity index (χ0n) is 15.2. The van der Waals surface area contributed by atoms with Gasteiger partial charge in [0.15, 0.2) is 0 Å². The van der Waals surface area contributed by atoms with Gasteiger partial charge in [-0.2, -0.15) is 0 Å². The molecule has 0 spiro atoms. The number of nitro groups is 1. The maximum absolute atomic E-state index is 11.9. The summed E-state index contributed by atoms with van der Waals surface area (Å²) in [5.41, 5.74) is 7.47. The van der Waals surface area contributed by atoms with Gasteiger partial charge < -0.3 is 5.73 Å². The van der Waals surface area contributed by atoms with Crippen LogP contribution in [0.1, 0.15) is 26.7 Å². The predicted molar refractivity (Wildman–Crippen MR) is 130 cm³/mol. The molecule has 0 aliphatic carbocycles. The lowest BCUT2D eigenvalue weighted by molar-refractivity contribution is -0.384. The molecule has 0 fully saturated rings. The van der Waals surface area contributed by atoms with Gasteiger partial charge in [0.25, 0.3) is 5.69 Å². The first kappa shape index (κ1) is 24.2. The highest BCUT2D eigenvalue weighted by Gasteiger charge is 2.30. The number of nitrogens with two attached hydrogens (primary N) is 1. The molecule has 2 N–H and O–H groups in total. The summed E-state index contributed by atoms with van der Waals surface area (Å²) in [4.78, 5) is 13.0. The van der Waals surface area contributed by atoms with E-state index in [4.69, 9.17) is 28.9 Å². The summed E-state index contributed by atoms with van der Waals surface area (Å²) in [6.45, 7) is 4.13. The van der Waals surface area contributed by atoms with Crippen molar-refractivity contribution in [3.8, 4) is 11.1 Å². The van der Waals surface area contributed by atoms with Gasteiger partial charge in [0, 0.05) is 19.8 Å². The summed E-state index contributed by atoms with van der Waals surface area (Å²) in [7, 11) is 0. The first-order valence-electron chi connectivity index (χ1n) is 8.44.